The molecule has 124 valence electrons. The second kappa shape index (κ2) is 7.12. The quantitative estimate of drug-likeness (QED) is 0.673. The first-order valence-electron chi connectivity index (χ1n) is 7.62. The molecule has 3 aromatic rings. The van der Waals surface area contributed by atoms with Crippen LogP contribution < -0.4 is 9.47 Å². The van der Waals surface area contributed by atoms with Gasteiger partial charge in [-0.3, -0.25) is 0 Å². The van der Waals surface area contributed by atoms with Crippen molar-refractivity contribution < 1.29 is 18.4 Å². The van der Waals surface area contributed by atoms with Gasteiger partial charge in [-0.1, -0.05) is 24.2 Å². The van der Waals surface area contributed by atoms with E-state index >= 15 is 0 Å². The Morgan fingerprint density at radius 2 is 1.96 bits per heavy atom. The Balaban J connectivity index is 1.91. The molecule has 0 bridgehead atoms. The van der Waals surface area contributed by atoms with Crippen LogP contribution in [0.5, 0.6) is 11.5 Å². The molecule has 0 saturated heterocycles. The lowest BCUT2D eigenvalue weighted by atomic mass is 10.2. The number of methoxy groups -OCH3 is 1. The van der Waals surface area contributed by atoms with Gasteiger partial charge in [0, 0.05) is 5.56 Å². The summed E-state index contributed by atoms with van der Waals surface area (Å²) < 4.78 is 30.0. The number of halogens is 1. The molecule has 24 heavy (non-hydrogen) atoms. The van der Waals surface area contributed by atoms with Crippen LogP contribution in [-0.2, 0) is 0 Å². The highest BCUT2D eigenvalue weighted by Crippen LogP contribution is 2.32. The van der Waals surface area contributed by atoms with E-state index < -0.39 is 5.82 Å². The fourth-order valence-corrected chi connectivity index (χ4v) is 2.22. The highest BCUT2D eigenvalue weighted by molar-refractivity contribution is 5.63. The van der Waals surface area contributed by atoms with Crippen LogP contribution in [0.4, 0.5) is 4.39 Å². The summed E-state index contributed by atoms with van der Waals surface area (Å²) in [7, 11) is 1.57. The Labute approximate surface area is 139 Å². The van der Waals surface area contributed by atoms with Gasteiger partial charge in [0.05, 0.1) is 19.3 Å². The molecule has 0 radical (unpaired) electrons. The van der Waals surface area contributed by atoms with Gasteiger partial charge in [-0.15, -0.1) is 0 Å². The van der Waals surface area contributed by atoms with E-state index in [-0.39, 0.29) is 11.5 Å². The lowest BCUT2D eigenvalue weighted by Crippen LogP contribution is -1.98. The summed E-state index contributed by atoms with van der Waals surface area (Å²) in [5.74, 6) is 1.31. The zero-order valence-corrected chi connectivity index (χ0v) is 13.5. The van der Waals surface area contributed by atoms with E-state index in [1.807, 2.05) is 13.0 Å². The molecule has 2 aromatic carbocycles. The fourth-order valence-electron chi connectivity index (χ4n) is 2.22. The van der Waals surface area contributed by atoms with Gasteiger partial charge < -0.3 is 14.0 Å². The molecule has 0 aliphatic heterocycles. The zero-order chi connectivity index (χ0) is 16.9. The topological polar surface area (TPSA) is 57.4 Å². The molecule has 3 rings (SSSR count). The maximum atomic E-state index is 13.8. The molecule has 6 heteroatoms. The molecule has 0 atom stereocenters. The summed E-state index contributed by atoms with van der Waals surface area (Å²) >= 11 is 0. The Bertz CT molecular complexity index is 833. The molecule has 0 spiro atoms. The van der Waals surface area contributed by atoms with Crippen molar-refractivity contribution >= 4 is 0 Å². The molecule has 0 aliphatic carbocycles. The van der Waals surface area contributed by atoms with Crippen LogP contribution in [-0.4, -0.2) is 23.9 Å². The van der Waals surface area contributed by atoms with Gasteiger partial charge in [0.25, 0.3) is 5.89 Å². The van der Waals surface area contributed by atoms with Crippen LogP contribution in [0, 0.1) is 5.82 Å². The minimum absolute atomic E-state index is 0.133. The van der Waals surface area contributed by atoms with Crippen molar-refractivity contribution in [2.24, 2.45) is 0 Å². The number of aromatic nitrogens is 2. The van der Waals surface area contributed by atoms with Crippen molar-refractivity contribution in [2.75, 3.05) is 13.7 Å². The van der Waals surface area contributed by atoms with E-state index in [1.54, 1.807) is 37.4 Å². The molecule has 0 unspecified atom stereocenters. The number of nitrogens with zero attached hydrogens (tertiary/aromatic N) is 2. The molecule has 5 nitrogen and oxygen atoms in total. The van der Waals surface area contributed by atoms with Gasteiger partial charge in [0.2, 0.25) is 5.82 Å². The van der Waals surface area contributed by atoms with Crippen LogP contribution in [0.2, 0.25) is 0 Å². The monoisotopic (exact) mass is 328 g/mol. The van der Waals surface area contributed by atoms with Crippen LogP contribution in [0.3, 0.4) is 0 Å². The zero-order valence-electron chi connectivity index (χ0n) is 13.5. The van der Waals surface area contributed by atoms with Crippen molar-refractivity contribution in [3.63, 3.8) is 0 Å². The summed E-state index contributed by atoms with van der Waals surface area (Å²) in [5.41, 5.74) is 0.966. The largest absolute Gasteiger partial charge is 0.493 e. The molecular formula is C18H17FN2O3. The molecular weight excluding hydrogens is 311 g/mol. The lowest BCUT2D eigenvalue weighted by Gasteiger charge is -2.10. The molecule has 1 aromatic heterocycles. The number of rotatable bonds is 6. The highest BCUT2D eigenvalue weighted by atomic mass is 19.1. The first-order chi connectivity index (χ1) is 11.7. The first-order valence-corrected chi connectivity index (χ1v) is 7.62. The minimum atomic E-state index is -0.409. The second-order valence-corrected chi connectivity index (χ2v) is 5.12. The summed E-state index contributed by atoms with van der Waals surface area (Å²) in [5, 5.41) is 3.92. The summed E-state index contributed by atoms with van der Waals surface area (Å²) in [6, 6.07) is 11.6. The predicted octanol–water partition coefficient (Wildman–Crippen LogP) is 4.34. The Morgan fingerprint density at radius 3 is 2.71 bits per heavy atom. The highest BCUT2D eigenvalue weighted by Gasteiger charge is 2.15. The third kappa shape index (κ3) is 3.22. The van der Waals surface area contributed by atoms with E-state index in [0.29, 0.717) is 29.5 Å². The van der Waals surface area contributed by atoms with Crippen LogP contribution in [0.25, 0.3) is 22.8 Å². The van der Waals surface area contributed by atoms with Crippen LogP contribution >= 0.6 is 0 Å². The maximum absolute atomic E-state index is 13.8. The lowest BCUT2D eigenvalue weighted by molar-refractivity contribution is 0.294. The van der Waals surface area contributed by atoms with Crippen molar-refractivity contribution in [1.29, 1.82) is 0 Å². The average Bonchev–Trinajstić information content (AvgIpc) is 3.10. The molecule has 0 N–H and O–H groups in total. The van der Waals surface area contributed by atoms with Crippen molar-refractivity contribution in [3.05, 3.63) is 48.3 Å². The molecule has 0 amide bonds. The Kier molecular flexibility index (Phi) is 4.74. The molecule has 1 heterocycles. The average molecular weight is 328 g/mol. The standard InChI is InChI=1S/C18H17FN2O3/c1-3-10-23-15-9-8-12(11-16(15)22-2)17-20-18(24-21-17)13-6-4-5-7-14(13)19/h4-9,11H,3,10H2,1-2H3. The Hall–Kier alpha value is -2.89. The number of benzene rings is 2. The van der Waals surface area contributed by atoms with Crippen molar-refractivity contribution in [2.45, 2.75) is 13.3 Å². The van der Waals surface area contributed by atoms with Crippen LogP contribution in [0.1, 0.15) is 13.3 Å². The third-order valence-corrected chi connectivity index (χ3v) is 3.41. The van der Waals surface area contributed by atoms with Gasteiger partial charge in [0.1, 0.15) is 5.82 Å². The summed E-state index contributed by atoms with van der Waals surface area (Å²) in [6.45, 7) is 2.64. The maximum Gasteiger partial charge on any atom is 0.261 e. The van der Waals surface area contributed by atoms with Gasteiger partial charge in [-0.05, 0) is 36.8 Å². The van der Waals surface area contributed by atoms with Gasteiger partial charge in [-0.2, -0.15) is 4.98 Å². The molecule has 0 aliphatic rings. The van der Waals surface area contributed by atoms with Gasteiger partial charge in [-0.25, -0.2) is 4.39 Å². The number of hydrogen-bond acceptors (Lipinski definition) is 5. The Morgan fingerprint density at radius 1 is 1.12 bits per heavy atom. The van der Waals surface area contributed by atoms with E-state index in [4.69, 9.17) is 14.0 Å². The molecule has 0 fully saturated rings. The smallest absolute Gasteiger partial charge is 0.261 e. The van der Waals surface area contributed by atoms with E-state index in [0.717, 1.165) is 6.42 Å². The minimum Gasteiger partial charge on any atom is -0.493 e. The van der Waals surface area contributed by atoms with E-state index in [1.165, 1.54) is 6.07 Å². The second-order valence-electron chi connectivity index (χ2n) is 5.12. The third-order valence-electron chi connectivity index (χ3n) is 3.41. The van der Waals surface area contributed by atoms with E-state index in [2.05, 4.69) is 10.1 Å². The van der Waals surface area contributed by atoms with Gasteiger partial charge in [0.15, 0.2) is 11.5 Å². The van der Waals surface area contributed by atoms with E-state index in [9.17, 15) is 4.39 Å². The summed E-state index contributed by atoms with van der Waals surface area (Å²) in [4.78, 5) is 4.26. The van der Waals surface area contributed by atoms with Crippen LogP contribution in [0.15, 0.2) is 47.0 Å². The van der Waals surface area contributed by atoms with Gasteiger partial charge >= 0.3 is 0 Å². The first kappa shape index (κ1) is 16.0. The van der Waals surface area contributed by atoms with Crippen molar-refractivity contribution in [3.8, 4) is 34.3 Å². The predicted molar refractivity (Wildman–Crippen MR) is 87.5 cm³/mol. The number of hydrogen-bond donors (Lipinski definition) is 0. The normalized spacial score (nSPS) is 10.6. The van der Waals surface area contributed by atoms with Crippen molar-refractivity contribution in [1.82, 2.24) is 10.1 Å². The fraction of sp³-hybridized carbons (Fsp3) is 0.222. The molecule has 0 saturated carbocycles. The summed E-state index contributed by atoms with van der Waals surface area (Å²) in [6.07, 6.45) is 0.905. The SMILES string of the molecule is CCCOc1ccc(-c2noc(-c3ccccc3F)n2)cc1OC. The number of ether oxygens (including phenoxy) is 2.